The Morgan fingerprint density at radius 2 is 2.04 bits per heavy atom. The van der Waals surface area contributed by atoms with Crippen molar-refractivity contribution < 1.29 is 27.5 Å². The van der Waals surface area contributed by atoms with Crippen molar-refractivity contribution in [1.29, 1.82) is 0 Å². The van der Waals surface area contributed by atoms with Crippen LogP contribution in [-0.4, -0.2) is 24.7 Å². The normalized spacial score (nSPS) is 18.4. The van der Waals surface area contributed by atoms with Gasteiger partial charge in [-0.1, -0.05) is 29.3 Å². The molecule has 1 aromatic carbocycles. The molecule has 0 radical (unpaired) electrons. The Bertz CT molecular complexity index is 716. The van der Waals surface area contributed by atoms with Gasteiger partial charge in [-0.25, -0.2) is 4.79 Å². The van der Waals surface area contributed by atoms with Crippen LogP contribution in [0.4, 0.5) is 13.2 Å². The van der Waals surface area contributed by atoms with Crippen LogP contribution in [0, 0.1) is 0 Å². The summed E-state index contributed by atoms with van der Waals surface area (Å²) in [6.45, 7) is 1.36. The van der Waals surface area contributed by atoms with Crippen molar-refractivity contribution in [3.8, 4) is 0 Å². The van der Waals surface area contributed by atoms with Gasteiger partial charge < -0.3 is 10.1 Å². The van der Waals surface area contributed by atoms with E-state index in [-0.39, 0.29) is 28.6 Å². The Morgan fingerprint density at radius 1 is 1.38 bits per heavy atom. The lowest BCUT2D eigenvalue weighted by atomic mass is 9.84. The molecule has 1 amide bonds. The zero-order chi connectivity index (χ0) is 18.1. The summed E-state index contributed by atoms with van der Waals surface area (Å²) in [5, 5.41) is 2.06. The van der Waals surface area contributed by atoms with Gasteiger partial charge in [-0.05, 0) is 24.6 Å². The second-order valence-corrected chi connectivity index (χ2v) is 5.82. The molecule has 2 rings (SSSR count). The molecule has 1 heterocycles. The van der Waals surface area contributed by atoms with Crippen LogP contribution in [0.15, 0.2) is 29.5 Å². The van der Waals surface area contributed by atoms with E-state index in [1.165, 1.54) is 25.1 Å². The Morgan fingerprint density at radius 3 is 2.58 bits per heavy atom. The van der Waals surface area contributed by atoms with Crippen molar-refractivity contribution >= 4 is 35.1 Å². The molecule has 1 atom stereocenters. The molecule has 1 aliphatic rings. The van der Waals surface area contributed by atoms with Crippen molar-refractivity contribution in [1.82, 2.24) is 5.32 Å². The number of alkyl halides is 3. The molecule has 9 heteroatoms. The van der Waals surface area contributed by atoms with Gasteiger partial charge in [0.15, 0.2) is 0 Å². The summed E-state index contributed by atoms with van der Waals surface area (Å²) in [5.41, 5.74) is -1.90. The minimum absolute atomic E-state index is 0.0607. The highest BCUT2D eigenvalue weighted by atomic mass is 35.5. The summed E-state index contributed by atoms with van der Waals surface area (Å²) in [4.78, 5) is 23.9. The molecule has 1 aliphatic heterocycles. The van der Waals surface area contributed by atoms with Gasteiger partial charge in [0.1, 0.15) is 5.70 Å². The number of hydrogen-bond acceptors (Lipinski definition) is 3. The molecule has 1 unspecified atom stereocenters. The third-order valence-electron chi connectivity index (χ3n) is 3.39. The zero-order valence-corrected chi connectivity index (χ0v) is 13.9. The summed E-state index contributed by atoms with van der Waals surface area (Å²) in [6.07, 6.45) is -5.29. The third kappa shape index (κ3) is 3.84. The van der Waals surface area contributed by atoms with Crippen LogP contribution in [0.3, 0.4) is 0 Å². The predicted octanol–water partition coefficient (Wildman–Crippen LogP) is 3.98. The van der Waals surface area contributed by atoms with Gasteiger partial charge in [0.05, 0.1) is 12.2 Å². The van der Waals surface area contributed by atoms with Crippen LogP contribution in [0.5, 0.6) is 0 Å². The van der Waals surface area contributed by atoms with E-state index in [0.717, 1.165) is 0 Å². The maximum Gasteiger partial charge on any atom is 0.431 e. The van der Waals surface area contributed by atoms with Crippen molar-refractivity contribution in [2.45, 2.75) is 25.4 Å². The van der Waals surface area contributed by atoms with Gasteiger partial charge in [-0.2, -0.15) is 13.2 Å². The van der Waals surface area contributed by atoms with Gasteiger partial charge in [0.2, 0.25) is 5.91 Å². The van der Waals surface area contributed by atoms with Crippen LogP contribution in [0.2, 0.25) is 10.0 Å². The van der Waals surface area contributed by atoms with Crippen molar-refractivity contribution in [3.63, 3.8) is 0 Å². The molecular weight excluding hydrogens is 370 g/mol. The Hall–Kier alpha value is -1.73. The van der Waals surface area contributed by atoms with Gasteiger partial charge in [0, 0.05) is 22.4 Å². The average molecular weight is 382 g/mol. The molecule has 0 bridgehead atoms. The number of esters is 1. The quantitative estimate of drug-likeness (QED) is 0.805. The minimum Gasteiger partial charge on any atom is -0.463 e. The molecule has 1 aromatic rings. The Balaban J connectivity index is 2.66. The topological polar surface area (TPSA) is 55.4 Å². The number of benzene rings is 1. The smallest absolute Gasteiger partial charge is 0.431 e. The number of halogens is 5. The number of allylic oxidation sites excluding steroid dienone is 1. The van der Waals surface area contributed by atoms with Crippen molar-refractivity contribution in [2.75, 3.05) is 6.61 Å². The van der Waals surface area contributed by atoms with E-state index in [1.807, 2.05) is 0 Å². The number of nitrogens with one attached hydrogen (secondary N) is 1. The van der Waals surface area contributed by atoms with E-state index in [0.29, 0.717) is 0 Å². The second kappa shape index (κ2) is 7.03. The van der Waals surface area contributed by atoms with Crippen LogP contribution in [0.1, 0.15) is 24.8 Å². The summed E-state index contributed by atoms with van der Waals surface area (Å²) in [7, 11) is 0. The van der Waals surface area contributed by atoms with E-state index in [9.17, 15) is 22.8 Å². The van der Waals surface area contributed by atoms with E-state index in [4.69, 9.17) is 27.9 Å². The average Bonchev–Trinajstić information content (AvgIpc) is 2.45. The molecule has 130 valence electrons. The van der Waals surface area contributed by atoms with Gasteiger partial charge >= 0.3 is 12.1 Å². The minimum atomic E-state index is -4.92. The van der Waals surface area contributed by atoms with Crippen LogP contribution in [-0.2, 0) is 14.3 Å². The molecule has 0 aromatic heterocycles. The molecule has 24 heavy (non-hydrogen) atoms. The van der Waals surface area contributed by atoms with E-state index in [2.05, 4.69) is 0 Å². The Kier molecular flexibility index (Phi) is 5.45. The van der Waals surface area contributed by atoms with Gasteiger partial charge in [0.25, 0.3) is 0 Å². The highest BCUT2D eigenvalue weighted by molar-refractivity contribution is 6.35. The molecule has 0 spiro atoms. The van der Waals surface area contributed by atoms with E-state index in [1.54, 1.807) is 5.32 Å². The van der Waals surface area contributed by atoms with E-state index >= 15 is 0 Å². The maximum atomic E-state index is 13.3. The highest BCUT2D eigenvalue weighted by Gasteiger charge is 2.46. The molecule has 0 aliphatic carbocycles. The number of hydrogen-bond donors (Lipinski definition) is 1. The SMILES string of the molecule is CCOC(=O)C1=C(C(F)(F)F)NC(=O)CC1c1ccc(Cl)cc1Cl. The summed E-state index contributed by atoms with van der Waals surface area (Å²) < 4.78 is 44.6. The highest BCUT2D eigenvalue weighted by Crippen LogP contribution is 2.41. The second-order valence-electron chi connectivity index (χ2n) is 4.98. The Labute approximate surface area is 145 Å². The van der Waals surface area contributed by atoms with Crippen LogP contribution >= 0.6 is 23.2 Å². The molecule has 1 N–H and O–H groups in total. The lowest BCUT2D eigenvalue weighted by molar-refractivity contribution is -0.142. The summed E-state index contributed by atoms with van der Waals surface area (Å²) in [5.74, 6) is -3.20. The van der Waals surface area contributed by atoms with Crippen molar-refractivity contribution in [2.24, 2.45) is 0 Å². The number of carbonyl (C=O) groups is 2. The fourth-order valence-corrected chi connectivity index (χ4v) is 2.99. The van der Waals surface area contributed by atoms with Gasteiger partial charge in [-0.15, -0.1) is 0 Å². The van der Waals surface area contributed by atoms with Crippen LogP contribution in [0.25, 0.3) is 0 Å². The number of carbonyl (C=O) groups excluding carboxylic acids is 2. The maximum absolute atomic E-state index is 13.3. The predicted molar refractivity (Wildman–Crippen MR) is 81.7 cm³/mol. The molecular formula is C15H12Cl2F3NO3. The molecule has 0 fully saturated rings. The standard InChI is InChI=1S/C15H12Cl2F3NO3/c1-2-24-14(23)12-9(8-4-3-7(16)5-10(8)17)6-11(22)21-13(12)15(18,19)20/h3-5,9H,2,6H2,1H3,(H,21,22). The first-order chi connectivity index (χ1) is 11.1. The lowest BCUT2D eigenvalue weighted by Crippen LogP contribution is -2.41. The molecule has 0 saturated heterocycles. The first-order valence-corrected chi connectivity index (χ1v) is 7.64. The fraction of sp³-hybridized carbons (Fsp3) is 0.333. The molecule has 0 saturated carbocycles. The number of ether oxygens (including phenoxy) is 1. The van der Waals surface area contributed by atoms with Gasteiger partial charge in [-0.3, -0.25) is 4.79 Å². The molecule has 4 nitrogen and oxygen atoms in total. The fourth-order valence-electron chi connectivity index (χ4n) is 2.45. The monoisotopic (exact) mass is 381 g/mol. The number of rotatable bonds is 3. The zero-order valence-electron chi connectivity index (χ0n) is 12.3. The number of amides is 1. The van der Waals surface area contributed by atoms with E-state index < -0.39 is 35.2 Å². The summed E-state index contributed by atoms with van der Waals surface area (Å²) >= 11 is 11.8. The van der Waals surface area contributed by atoms with Crippen molar-refractivity contribution in [3.05, 3.63) is 45.1 Å². The largest absolute Gasteiger partial charge is 0.463 e. The first-order valence-electron chi connectivity index (χ1n) is 6.88. The first kappa shape index (κ1) is 18.6. The van der Waals surface area contributed by atoms with Crippen LogP contribution < -0.4 is 5.32 Å². The lowest BCUT2D eigenvalue weighted by Gasteiger charge is -2.29. The summed E-state index contributed by atoms with van der Waals surface area (Å²) in [6, 6.07) is 4.15. The third-order valence-corrected chi connectivity index (χ3v) is 3.95.